The second-order valence-electron chi connectivity index (χ2n) is 11.9. The summed E-state index contributed by atoms with van der Waals surface area (Å²) in [5, 5.41) is 0. The van der Waals surface area contributed by atoms with Crippen LogP contribution in [0.1, 0.15) is 102 Å². The van der Waals surface area contributed by atoms with Crippen LogP contribution in [0.3, 0.4) is 0 Å². The van der Waals surface area contributed by atoms with E-state index in [9.17, 15) is 4.39 Å². The van der Waals surface area contributed by atoms with Gasteiger partial charge in [-0.15, -0.1) is 0 Å². The van der Waals surface area contributed by atoms with Crippen molar-refractivity contribution in [2.24, 2.45) is 5.92 Å². The molecule has 1 aromatic carbocycles. The van der Waals surface area contributed by atoms with Crippen LogP contribution in [-0.2, 0) is 0 Å². The van der Waals surface area contributed by atoms with Gasteiger partial charge in [-0.3, -0.25) is 0 Å². The lowest BCUT2D eigenvalue weighted by atomic mass is 9.77. The SMILES string of the molecule is CCCCC[C@H]1CC[C@H](c2ccc(-c3ccc(OCCCC[Si](C)(C)CCCC)c(F)n3)cc2)CC1. The first-order chi connectivity index (χ1) is 17.4. The van der Waals surface area contributed by atoms with Gasteiger partial charge in [0.2, 0.25) is 0 Å². The third-order valence-electron chi connectivity index (χ3n) is 8.27. The van der Waals surface area contributed by atoms with Crippen molar-refractivity contribution in [1.29, 1.82) is 0 Å². The molecular weight excluding hydrogens is 461 g/mol. The minimum absolute atomic E-state index is 0.272. The highest BCUT2D eigenvalue weighted by Gasteiger charge is 2.22. The van der Waals surface area contributed by atoms with Crippen molar-refractivity contribution < 1.29 is 9.13 Å². The number of hydrogen-bond donors (Lipinski definition) is 0. The highest BCUT2D eigenvalue weighted by atomic mass is 28.3. The summed E-state index contributed by atoms with van der Waals surface area (Å²) in [5.74, 6) is 1.37. The molecule has 3 rings (SSSR count). The molecule has 0 saturated heterocycles. The van der Waals surface area contributed by atoms with Gasteiger partial charge in [-0.2, -0.15) is 4.39 Å². The van der Waals surface area contributed by atoms with Crippen LogP contribution in [0.2, 0.25) is 25.2 Å². The van der Waals surface area contributed by atoms with E-state index in [1.807, 2.05) is 6.07 Å². The van der Waals surface area contributed by atoms with Crippen LogP contribution in [0.15, 0.2) is 36.4 Å². The number of pyridine rings is 1. The Morgan fingerprint density at radius 1 is 0.833 bits per heavy atom. The first-order valence-electron chi connectivity index (χ1n) is 14.8. The topological polar surface area (TPSA) is 22.1 Å². The van der Waals surface area contributed by atoms with Crippen molar-refractivity contribution in [3.8, 4) is 17.0 Å². The lowest BCUT2D eigenvalue weighted by molar-refractivity contribution is 0.290. The van der Waals surface area contributed by atoms with Gasteiger partial charge in [-0.25, -0.2) is 4.98 Å². The Kier molecular flexibility index (Phi) is 12.0. The molecule has 2 aromatic rings. The summed E-state index contributed by atoms with van der Waals surface area (Å²) >= 11 is 0. The van der Waals surface area contributed by atoms with Gasteiger partial charge in [-0.1, -0.05) is 108 Å². The number of ether oxygens (including phenoxy) is 1. The second-order valence-corrected chi connectivity index (χ2v) is 17.2. The number of benzene rings is 1. The van der Waals surface area contributed by atoms with Crippen molar-refractivity contribution in [3.63, 3.8) is 0 Å². The third-order valence-corrected chi connectivity index (χ3v) is 11.7. The van der Waals surface area contributed by atoms with E-state index in [2.05, 4.69) is 56.2 Å². The van der Waals surface area contributed by atoms with Gasteiger partial charge in [0.1, 0.15) is 0 Å². The zero-order valence-electron chi connectivity index (χ0n) is 23.5. The van der Waals surface area contributed by atoms with Gasteiger partial charge in [0, 0.05) is 13.6 Å². The molecule has 200 valence electrons. The summed E-state index contributed by atoms with van der Waals surface area (Å²) in [7, 11) is -1.08. The molecule has 0 unspecified atom stereocenters. The van der Waals surface area contributed by atoms with Crippen molar-refractivity contribution in [2.75, 3.05) is 6.61 Å². The largest absolute Gasteiger partial charge is 0.489 e. The fraction of sp³-hybridized carbons (Fsp3) is 0.656. The molecule has 0 aliphatic heterocycles. The predicted molar refractivity (Wildman–Crippen MR) is 155 cm³/mol. The maximum absolute atomic E-state index is 14.7. The van der Waals surface area contributed by atoms with E-state index < -0.39 is 14.0 Å². The molecule has 0 spiro atoms. The minimum atomic E-state index is -1.08. The molecule has 36 heavy (non-hydrogen) atoms. The quantitative estimate of drug-likeness (QED) is 0.135. The zero-order chi connectivity index (χ0) is 25.8. The summed E-state index contributed by atoms with van der Waals surface area (Å²) < 4.78 is 20.4. The van der Waals surface area contributed by atoms with Crippen LogP contribution in [0, 0.1) is 11.9 Å². The Labute approximate surface area is 221 Å². The third kappa shape index (κ3) is 9.32. The number of nitrogens with zero attached hydrogens (tertiary/aromatic N) is 1. The first-order valence-corrected chi connectivity index (χ1v) is 18.2. The molecule has 4 heteroatoms. The highest BCUT2D eigenvalue weighted by Crippen LogP contribution is 2.38. The minimum Gasteiger partial charge on any atom is -0.489 e. The summed E-state index contributed by atoms with van der Waals surface area (Å²) in [6, 6.07) is 15.0. The Morgan fingerprint density at radius 3 is 2.19 bits per heavy atom. The average Bonchev–Trinajstić information content (AvgIpc) is 2.89. The maximum Gasteiger partial charge on any atom is 0.255 e. The Morgan fingerprint density at radius 2 is 1.53 bits per heavy atom. The lowest BCUT2D eigenvalue weighted by Crippen LogP contribution is -2.24. The van der Waals surface area contributed by atoms with Gasteiger partial charge in [0.25, 0.3) is 5.95 Å². The molecule has 2 nitrogen and oxygen atoms in total. The second kappa shape index (κ2) is 14.9. The maximum atomic E-state index is 14.7. The monoisotopic (exact) mass is 511 g/mol. The Bertz CT molecular complexity index is 890. The number of hydrogen-bond acceptors (Lipinski definition) is 2. The first kappa shape index (κ1) is 28.9. The van der Waals surface area contributed by atoms with Crippen molar-refractivity contribution >= 4 is 8.07 Å². The van der Waals surface area contributed by atoms with Crippen LogP contribution in [-0.4, -0.2) is 19.7 Å². The number of halogens is 1. The van der Waals surface area contributed by atoms with Crippen LogP contribution in [0.4, 0.5) is 4.39 Å². The summed E-state index contributed by atoms with van der Waals surface area (Å²) in [5.41, 5.74) is 3.07. The van der Waals surface area contributed by atoms with Crippen LogP contribution < -0.4 is 4.74 Å². The predicted octanol–water partition coefficient (Wildman–Crippen LogP) is 10.4. The molecule has 0 radical (unpaired) electrons. The van der Waals surface area contributed by atoms with Crippen LogP contribution in [0.25, 0.3) is 11.3 Å². The van der Waals surface area contributed by atoms with Crippen LogP contribution >= 0.6 is 0 Å². The lowest BCUT2D eigenvalue weighted by Gasteiger charge is -2.29. The van der Waals surface area contributed by atoms with Gasteiger partial charge >= 0.3 is 0 Å². The van der Waals surface area contributed by atoms with E-state index in [4.69, 9.17) is 4.74 Å². The normalized spacial score (nSPS) is 18.4. The highest BCUT2D eigenvalue weighted by molar-refractivity contribution is 6.77. The molecule has 1 saturated carbocycles. The van der Waals surface area contributed by atoms with Gasteiger partial charge < -0.3 is 4.74 Å². The van der Waals surface area contributed by atoms with Gasteiger partial charge in [0.05, 0.1) is 12.3 Å². The molecule has 0 bridgehead atoms. The Balaban J connectivity index is 1.44. The molecule has 1 aliphatic rings. The average molecular weight is 512 g/mol. The zero-order valence-corrected chi connectivity index (χ0v) is 24.5. The van der Waals surface area contributed by atoms with Crippen molar-refractivity contribution in [3.05, 3.63) is 47.9 Å². The van der Waals surface area contributed by atoms with E-state index in [1.54, 1.807) is 6.07 Å². The molecule has 1 aliphatic carbocycles. The fourth-order valence-corrected chi connectivity index (χ4v) is 8.52. The molecule has 1 heterocycles. The van der Waals surface area contributed by atoms with Crippen LogP contribution in [0.5, 0.6) is 5.75 Å². The van der Waals surface area contributed by atoms with Crippen molar-refractivity contribution in [1.82, 2.24) is 4.98 Å². The number of rotatable bonds is 15. The van der Waals surface area contributed by atoms with E-state index in [-0.39, 0.29) is 5.75 Å². The van der Waals surface area contributed by atoms with Gasteiger partial charge in [0.15, 0.2) is 5.75 Å². The van der Waals surface area contributed by atoms with Gasteiger partial charge in [-0.05, 0) is 61.6 Å². The molecular formula is C32H50FNOSi. The summed E-state index contributed by atoms with van der Waals surface area (Å²) in [6.45, 7) is 10.1. The molecule has 0 N–H and O–H groups in total. The number of unbranched alkanes of at least 4 members (excludes halogenated alkanes) is 4. The Hall–Kier alpha value is -1.68. The van der Waals surface area contributed by atoms with E-state index >= 15 is 0 Å². The summed E-state index contributed by atoms with van der Waals surface area (Å²) in [6.07, 6.45) is 15.6. The summed E-state index contributed by atoms with van der Waals surface area (Å²) in [4.78, 5) is 4.22. The number of aromatic nitrogens is 1. The van der Waals surface area contributed by atoms with Crippen molar-refractivity contribution in [2.45, 2.75) is 122 Å². The smallest absolute Gasteiger partial charge is 0.255 e. The molecule has 1 fully saturated rings. The molecule has 0 atom stereocenters. The van der Waals surface area contributed by atoms with E-state index in [0.717, 1.165) is 17.9 Å². The molecule has 1 aromatic heterocycles. The fourth-order valence-electron chi connectivity index (χ4n) is 5.75. The molecule has 0 amide bonds. The standard InChI is InChI=1S/C32H50FNOSi/c1-5-7-9-12-26-13-15-27(16-14-26)28-17-19-29(20-18-28)30-21-22-31(32(33)34-30)35-23-10-11-25-36(3,4)24-8-6-2/h17-22,26-27H,5-16,23-25H2,1-4H3/t26-,27-. The van der Waals surface area contributed by atoms with E-state index in [1.165, 1.54) is 88.3 Å². The van der Waals surface area contributed by atoms with E-state index in [0.29, 0.717) is 18.2 Å².